The molecule has 108 valence electrons. The van der Waals surface area contributed by atoms with Crippen LogP contribution in [0.4, 0.5) is 4.39 Å². The fourth-order valence-electron chi connectivity index (χ4n) is 5.22. The summed E-state index contributed by atoms with van der Waals surface area (Å²) in [5, 5.41) is 0. The average Bonchev–Trinajstić information content (AvgIpc) is 2.36. The van der Waals surface area contributed by atoms with E-state index < -0.39 is 0 Å². The summed E-state index contributed by atoms with van der Waals surface area (Å²) < 4.78 is 20.2. The molecule has 0 heterocycles. The third-order valence-corrected chi connectivity index (χ3v) is 5.59. The van der Waals surface area contributed by atoms with Crippen LogP contribution < -0.4 is 10.5 Å². The molecule has 4 bridgehead atoms. The Kier molecular flexibility index (Phi) is 2.81. The van der Waals surface area contributed by atoms with Gasteiger partial charge in [0.15, 0.2) is 0 Å². The van der Waals surface area contributed by atoms with E-state index >= 15 is 0 Å². The second-order valence-corrected chi connectivity index (χ2v) is 7.12. The number of nitrogens with two attached hydrogens (primary N) is 1. The van der Waals surface area contributed by atoms with Crippen LogP contribution >= 0.6 is 0 Å². The first-order valence-electron chi connectivity index (χ1n) is 7.84. The Bertz CT molecular complexity index is 492. The third kappa shape index (κ3) is 1.95. The molecule has 0 aliphatic heterocycles. The molecule has 0 aromatic heterocycles. The largest absolute Gasteiger partial charge is 0.487 e. The Hall–Kier alpha value is -1.09. The molecule has 20 heavy (non-hydrogen) atoms. The molecule has 4 fully saturated rings. The molecule has 2 nitrogen and oxygen atoms in total. The molecule has 0 amide bonds. The van der Waals surface area contributed by atoms with Crippen LogP contribution in [-0.4, -0.2) is 5.60 Å². The first kappa shape index (κ1) is 12.6. The minimum Gasteiger partial charge on any atom is -0.487 e. The van der Waals surface area contributed by atoms with Gasteiger partial charge in [0, 0.05) is 12.1 Å². The molecule has 4 aliphatic carbocycles. The maximum atomic E-state index is 13.8. The standard InChI is InChI=1S/C17H22FNO/c18-15-2-1-3-16(14(15)10-19)20-17-7-11-4-12(8-17)6-13(5-11)9-17/h1-3,11-13H,4-10,19H2. The molecule has 4 aliphatic rings. The van der Waals surface area contributed by atoms with E-state index in [2.05, 4.69) is 0 Å². The summed E-state index contributed by atoms with van der Waals surface area (Å²) in [6.07, 6.45) is 7.61. The summed E-state index contributed by atoms with van der Waals surface area (Å²) >= 11 is 0. The number of hydrogen-bond acceptors (Lipinski definition) is 2. The van der Waals surface area contributed by atoms with Gasteiger partial charge in [0.05, 0.1) is 0 Å². The summed E-state index contributed by atoms with van der Waals surface area (Å²) in [5.41, 5.74) is 6.19. The van der Waals surface area contributed by atoms with Gasteiger partial charge in [-0.3, -0.25) is 0 Å². The van der Waals surface area contributed by atoms with E-state index in [1.165, 1.54) is 25.3 Å². The first-order chi connectivity index (χ1) is 9.67. The minimum atomic E-state index is -0.241. The second kappa shape index (κ2) is 4.45. The maximum Gasteiger partial charge on any atom is 0.131 e. The van der Waals surface area contributed by atoms with Crippen molar-refractivity contribution in [2.75, 3.05) is 0 Å². The molecule has 0 radical (unpaired) electrons. The van der Waals surface area contributed by atoms with Crippen LogP contribution in [0.2, 0.25) is 0 Å². The molecule has 2 N–H and O–H groups in total. The average molecular weight is 275 g/mol. The number of halogens is 1. The van der Waals surface area contributed by atoms with Gasteiger partial charge in [-0.05, 0) is 68.4 Å². The van der Waals surface area contributed by atoms with Crippen molar-refractivity contribution < 1.29 is 9.13 Å². The third-order valence-electron chi connectivity index (χ3n) is 5.59. The van der Waals surface area contributed by atoms with Crippen molar-refractivity contribution in [1.29, 1.82) is 0 Å². The number of rotatable bonds is 3. The van der Waals surface area contributed by atoms with Crippen molar-refractivity contribution in [3.05, 3.63) is 29.6 Å². The highest BCUT2D eigenvalue weighted by Gasteiger charge is 2.52. The molecule has 0 saturated heterocycles. The molecule has 0 spiro atoms. The molecule has 3 heteroatoms. The zero-order valence-corrected chi connectivity index (χ0v) is 11.8. The fraction of sp³-hybridized carbons (Fsp3) is 0.647. The van der Waals surface area contributed by atoms with Crippen LogP contribution in [0, 0.1) is 23.6 Å². The lowest BCUT2D eigenvalue weighted by molar-refractivity contribution is -0.108. The predicted molar refractivity (Wildman–Crippen MR) is 75.8 cm³/mol. The summed E-state index contributed by atoms with van der Waals surface area (Å²) in [7, 11) is 0. The van der Waals surface area contributed by atoms with Gasteiger partial charge in [0.1, 0.15) is 17.2 Å². The van der Waals surface area contributed by atoms with Crippen molar-refractivity contribution in [2.24, 2.45) is 23.5 Å². The zero-order valence-electron chi connectivity index (χ0n) is 11.8. The first-order valence-corrected chi connectivity index (χ1v) is 7.84. The van der Waals surface area contributed by atoms with Crippen molar-refractivity contribution in [3.63, 3.8) is 0 Å². The fourth-order valence-corrected chi connectivity index (χ4v) is 5.22. The smallest absolute Gasteiger partial charge is 0.131 e. The lowest BCUT2D eigenvalue weighted by Crippen LogP contribution is -2.53. The van der Waals surface area contributed by atoms with E-state index in [1.54, 1.807) is 6.07 Å². The van der Waals surface area contributed by atoms with Crippen LogP contribution in [0.5, 0.6) is 5.75 Å². The van der Waals surface area contributed by atoms with Crippen molar-refractivity contribution in [1.82, 2.24) is 0 Å². The molecular weight excluding hydrogens is 253 g/mol. The molecular formula is C17H22FNO. The van der Waals surface area contributed by atoms with Crippen molar-refractivity contribution >= 4 is 0 Å². The van der Waals surface area contributed by atoms with Gasteiger partial charge in [0.25, 0.3) is 0 Å². The lowest BCUT2D eigenvalue weighted by Gasteiger charge is -2.56. The maximum absolute atomic E-state index is 13.8. The van der Waals surface area contributed by atoms with E-state index in [-0.39, 0.29) is 18.0 Å². The molecule has 0 atom stereocenters. The van der Waals surface area contributed by atoms with E-state index in [0.29, 0.717) is 11.3 Å². The Morgan fingerprint density at radius 2 is 1.70 bits per heavy atom. The molecule has 1 aromatic carbocycles. The Morgan fingerprint density at radius 3 is 2.25 bits per heavy atom. The normalized spacial score (nSPS) is 38.2. The van der Waals surface area contributed by atoms with Gasteiger partial charge in [-0.25, -0.2) is 4.39 Å². The molecule has 0 unspecified atom stereocenters. The predicted octanol–water partition coefficient (Wildman–Crippen LogP) is 3.63. The number of benzene rings is 1. The number of ether oxygens (including phenoxy) is 1. The van der Waals surface area contributed by atoms with Crippen LogP contribution in [0.1, 0.15) is 44.1 Å². The second-order valence-electron chi connectivity index (χ2n) is 7.12. The highest BCUT2D eigenvalue weighted by molar-refractivity contribution is 5.35. The van der Waals surface area contributed by atoms with Crippen molar-refractivity contribution in [2.45, 2.75) is 50.7 Å². The Morgan fingerprint density at radius 1 is 1.10 bits per heavy atom. The van der Waals surface area contributed by atoms with Crippen LogP contribution in [-0.2, 0) is 6.54 Å². The van der Waals surface area contributed by atoms with E-state index in [1.807, 2.05) is 6.07 Å². The summed E-state index contributed by atoms with van der Waals surface area (Å²) in [4.78, 5) is 0. The Balaban J connectivity index is 1.64. The van der Waals surface area contributed by atoms with Gasteiger partial charge in [0.2, 0.25) is 0 Å². The van der Waals surface area contributed by atoms with Crippen LogP contribution in [0.25, 0.3) is 0 Å². The lowest BCUT2D eigenvalue weighted by atomic mass is 9.54. The molecule has 1 aromatic rings. The van der Waals surface area contributed by atoms with Gasteiger partial charge < -0.3 is 10.5 Å². The quantitative estimate of drug-likeness (QED) is 0.914. The SMILES string of the molecule is NCc1c(F)cccc1OC12CC3CC(CC(C3)C1)C2. The summed E-state index contributed by atoms with van der Waals surface area (Å²) in [5.74, 6) is 2.92. The summed E-state index contributed by atoms with van der Waals surface area (Å²) in [6.45, 7) is 0.203. The van der Waals surface area contributed by atoms with Gasteiger partial charge in [-0.15, -0.1) is 0 Å². The highest BCUT2D eigenvalue weighted by Crippen LogP contribution is 2.57. The minimum absolute atomic E-state index is 0.0353. The topological polar surface area (TPSA) is 35.2 Å². The molecule has 5 rings (SSSR count). The monoisotopic (exact) mass is 275 g/mol. The van der Waals surface area contributed by atoms with Crippen LogP contribution in [0.3, 0.4) is 0 Å². The number of hydrogen-bond donors (Lipinski definition) is 1. The zero-order chi connectivity index (χ0) is 13.7. The van der Waals surface area contributed by atoms with Crippen molar-refractivity contribution in [3.8, 4) is 5.75 Å². The highest BCUT2D eigenvalue weighted by atomic mass is 19.1. The van der Waals surface area contributed by atoms with Gasteiger partial charge in [-0.1, -0.05) is 6.07 Å². The van der Waals surface area contributed by atoms with Gasteiger partial charge >= 0.3 is 0 Å². The van der Waals surface area contributed by atoms with E-state index in [0.717, 1.165) is 37.0 Å². The summed E-state index contributed by atoms with van der Waals surface area (Å²) in [6, 6.07) is 5.07. The molecule has 4 saturated carbocycles. The van der Waals surface area contributed by atoms with Gasteiger partial charge in [-0.2, -0.15) is 0 Å². The van der Waals surface area contributed by atoms with E-state index in [4.69, 9.17) is 10.5 Å². The van der Waals surface area contributed by atoms with Crippen LogP contribution in [0.15, 0.2) is 18.2 Å². The Labute approximate surface area is 119 Å². The van der Waals surface area contributed by atoms with E-state index in [9.17, 15) is 4.39 Å².